The number of aliphatic carboxylic acids is 1. The Morgan fingerprint density at radius 2 is 1.40 bits per heavy atom. The fraction of sp³-hybridized carbons (Fsp3) is 0.273. The Bertz CT molecular complexity index is 1520. The Labute approximate surface area is 271 Å². The number of nitrogens with zero attached hydrogens (tertiary/aromatic N) is 1. The van der Waals surface area contributed by atoms with Crippen molar-refractivity contribution in [2.24, 2.45) is 0 Å². The molecule has 0 spiro atoms. The molecule has 7 nitrogen and oxygen atoms in total. The maximum Gasteiger partial charge on any atom is 1.00 e. The first-order valence-corrected chi connectivity index (χ1v) is 13.8. The van der Waals surface area contributed by atoms with Gasteiger partial charge >= 0.3 is 29.6 Å². The van der Waals surface area contributed by atoms with Gasteiger partial charge in [-0.25, -0.2) is 8.78 Å². The molecule has 1 amide bonds. The molecule has 1 aromatic heterocycles. The molecule has 4 rings (SSSR count). The van der Waals surface area contributed by atoms with Crippen LogP contribution in [0.5, 0.6) is 0 Å². The molecule has 0 saturated heterocycles. The second-order valence-electron chi connectivity index (χ2n) is 10.5. The van der Waals surface area contributed by atoms with E-state index in [1.165, 1.54) is 36.4 Å². The number of aliphatic hydroxyl groups excluding tert-OH is 2. The van der Waals surface area contributed by atoms with E-state index < -0.39 is 42.1 Å². The monoisotopic (exact) mass is 598 g/mol. The smallest absolute Gasteiger partial charge is 0.550 e. The zero-order valence-corrected chi connectivity index (χ0v) is 26.4. The number of anilines is 1. The standard InChI is InChI=1S/C33H34F2N2O5.Na/c1-20(2)37-28(17-16-26(38)18-27(39)19-29(40)41)30(22-8-10-23(34)11-9-22)31(21-6-4-3-5-7-21)32(37)33(42)36-25-14-12-24(35)13-15-25;/h3-15,20,26-27,38-39H,16-19H2,1-2H3,(H,36,42)(H,40,41);/q;+1/p-1/t26?,27-;/m1./s1. The number of aromatic nitrogens is 1. The van der Waals surface area contributed by atoms with Crippen LogP contribution in [0.4, 0.5) is 14.5 Å². The van der Waals surface area contributed by atoms with Crippen LogP contribution in [0.3, 0.4) is 0 Å². The van der Waals surface area contributed by atoms with E-state index in [1.54, 1.807) is 12.1 Å². The Hall–Kier alpha value is -3.34. The summed E-state index contributed by atoms with van der Waals surface area (Å²) in [5.41, 5.74) is 4.13. The van der Waals surface area contributed by atoms with Gasteiger partial charge in [-0.1, -0.05) is 42.5 Å². The Kier molecular flexibility index (Phi) is 12.2. The van der Waals surface area contributed by atoms with Crippen molar-refractivity contribution in [2.75, 3.05) is 5.32 Å². The number of carboxylic acid groups (broad SMARTS) is 1. The van der Waals surface area contributed by atoms with Crippen molar-refractivity contribution < 1.29 is 63.2 Å². The third kappa shape index (κ3) is 8.61. The Morgan fingerprint density at radius 3 is 1.95 bits per heavy atom. The van der Waals surface area contributed by atoms with Crippen LogP contribution in [0.25, 0.3) is 22.3 Å². The van der Waals surface area contributed by atoms with E-state index in [1.807, 2.05) is 48.7 Å². The molecule has 0 saturated carbocycles. The van der Waals surface area contributed by atoms with Gasteiger partial charge in [-0.3, -0.25) is 4.79 Å². The number of hydrogen-bond acceptors (Lipinski definition) is 5. The second-order valence-corrected chi connectivity index (χ2v) is 10.5. The van der Waals surface area contributed by atoms with Crippen molar-refractivity contribution in [1.82, 2.24) is 4.57 Å². The summed E-state index contributed by atoms with van der Waals surface area (Å²) in [6.45, 7) is 3.84. The molecule has 3 N–H and O–H groups in total. The molecule has 2 atom stereocenters. The normalized spacial score (nSPS) is 12.4. The van der Waals surface area contributed by atoms with Gasteiger partial charge in [0.1, 0.15) is 17.3 Å². The number of carboxylic acids is 1. The number of nitrogens with one attached hydrogen (secondary N) is 1. The maximum absolute atomic E-state index is 14.0. The summed E-state index contributed by atoms with van der Waals surface area (Å²) in [7, 11) is 0. The van der Waals surface area contributed by atoms with Gasteiger partial charge in [0.2, 0.25) is 0 Å². The molecular weight excluding hydrogens is 565 g/mol. The maximum atomic E-state index is 14.0. The molecule has 3 aromatic carbocycles. The summed E-state index contributed by atoms with van der Waals surface area (Å²) < 4.78 is 29.4. The van der Waals surface area contributed by atoms with E-state index in [0.717, 1.165) is 5.56 Å². The van der Waals surface area contributed by atoms with Crippen LogP contribution in [0, 0.1) is 11.6 Å². The predicted molar refractivity (Wildman–Crippen MR) is 155 cm³/mol. The van der Waals surface area contributed by atoms with Crippen molar-refractivity contribution in [3.63, 3.8) is 0 Å². The summed E-state index contributed by atoms with van der Waals surface area (Å²) in [4.78, 5) is 24.9. The fourth-order valence-electron chi connectivity index (χ4n) is 5.22. The van der Waals surface area contributed by atoms with Crippen molar-refractivity contribution in [2.45, 2.75) is 57.8 Å². The minimum atomic E-state index is -1.41. The van der Waals surface area contributed by atoms with Crippen LogP contribution >= 0.6 is 0 Å². The van der Waals surface area contributed by atoms with Crippen LogP contribution in [0.15, 0.2) is 78.9 Å². The number of amides is 1. The molecule has 0 bridgehead atoms. The molecular formula is C33H33F2N2NaO5. The van der Waals surface area contributed by atoms with Gasteiger partial charge in [0.25, 0.3) is 5.91 Å². The van der Waals surface area contributed by atoms with E-state index in [4.69, 9.17) is 0 Å². The first kappa shape index (κ1) is 34.2. The molecule has 0 aliphatic rings. The summed E-state index contributed by atoms with van der Waals surface area (Å²) >= 11 is 0. The first-order valence-electron chi connectivity index (χ1n) is 13.8. The van der Waals surface area contributed by atoms with Crippen LogP contribution < -0.4 is 40.0 Å². The Morgan fingerprint density at radius 1 is 0.837 bits per heavy atom. The number of halogens is 2. The molecule has 10 heteroatoms. The largest absolute Gasteiger partial charge is 1.00 e. The molecule has 4 aromatic rings. The van der Waals surface area contributed by atoms with Crippen LogP contribution in [0.2, 0.25) is 0 Å². The van der Waals surface area contributed by atoms with Crippen molar-refractivity contribution in [3.8, 4) is 22.3 Å². The summed E-state index contributed by atoms with van der Waals surface area (Å²) in [6.07, 6.45) is -2.64. The zero-order chi connectivity index (χ0) is 30.4. The average Bonchev–Trinajstić information content (AvgIpc) is 3.29. The topological polar surface area (TPSA) is 115 Å². The van der Waals surface area contributed by atoms with Gasteiger partial charge < -0.3 is 30.0 Å². The summed E-state index contributed by atoms with van der Waals surface area (Å²) in [6, 6.07) is 20.4. The van der Waals surface area contributed by atoms with Crippen LogP contribution in [-0.2, 0) is 11.2 Å². The van der Waals surface area contributed by atoms with E-state index in [9.17, 15) is 33.7 Å². The number of carbonyl (C=O) groups is 2. The number of rotatable bonds is 12. The van der Waals surface area contributed by atoms with E-state index in [-0.39, 0.29) is 54.9 Å². The average molecular weight is 599 g/mol. The minimum Gasteiger partial charge on any atom is -0.550 e. The number of benzene rings is 3. The van der Waals surface area contributed by atoms with Gasteiger partial charge in [0.15, 0.2) is 0 Å². The first-order chi connectivity index (χ1) is 20.0. The van der Waals surface area contributed by atoms with Gasteiger partial charge in [-0.2, -0.15) is 0 Å². The minimum absolute atomic E-state index is 0. The molecule has 0 fully saturated rings. The second kappa shape index (κ2) is 15.4. The Balaban J connectivity index is 0.00000506. The summed E-state index contributed by atoms with van der Waals surface area (Å²) in [5.74, 6) is -2.70. The molecule has 43 heavy (non-hydrogen) atoms. The molecule has 220 valence electrons. The molecule has 0 aliphatic heterocycles. The van der Waals surface area contributed by atoms with Gasteiger partial charge in [-0.15, -0.1) is 0 Å². The number of aliphatic hydroxyl groups is 2. The number of carbonyl (C=O) groups excluding carboxylic acids is 2. The van der Waals surface area contributed by atoms with Crippen LogP contribution in [0.1, 0.15) is 55.3 Å². The fourth-order valence-corrected chi connectivity index (χ4v) is 5.22. The van der Waals surface area contributed by atoms with Gasteiger partial charge in [0, 0.05) is 40.9 Å². The van der Waals surface area contributed by atoms with Gasteiger partial charge in [0.05, 0.1) is 12.2 Å². The van der Waals surface area contributed by atoms with Crippen molar-refractivity contribution in [3.05, 3.63) is 102 Å². The third-order valence-corrected chi connectivity index (χ3v) is 7.00. The van der Waals surface area contributed by atoms with Crippen LogP contribution in [-0.4, -0.2) is 38.9 Å². The van der Waals surface area contributed by atoms with E-state index in [0.29, 0.717) is 33.8 Å². The molecule has 1 unspecified atom stereocenters. The zero-order valence-electron chi connectivity index (χ0n) is 24.4. The molecule has 0 aliphatic carbocycles. The van der Waals surface area contributed by atoms with Crippen molar-refractivity contribution in [1.29, 1.82) is 0 Å². The number of hydrogen-bond donors (Lipinski definition) is 3. The molecule has 0 radical (unpaired) electrons. The SMILES string of the molecule is CC(C)n1c(CCC(O)C[C@@H](O)CC(=O)[O-])c(-c2ccc(F)cc2)c(-c2ccccc2)c1C(=O)Nc1ccc(F)cc1.[Na+]. The molecule has 1 heterocycles. The van der Waals surface area contributed by atoms with Gasteiger partial charge in [-0.05, 0) is 80.6 Å². The van der Waals surface area contributed by atoms with Crippen molar-refractivity contribution >= 4 is 17.6 Å². The summed E-state index contributed by atoms with van der Waals surface area (Å²) in [5, 5.41) is 34.4. The predicted octanol–water partition coefficient (Wildman–Crippen LogP) is 2.12. The van der Waals surface area contributed by atoms with E-state index >= 15 is 0 Å². The van der Waals surface area contributed by atoms with E-state index in [2.05, 4.69) is 5.32 Å². The quantitative estimate of drug-likeness (QED) is 0.216. The third-order valence-electron chi connectivity index (χ3n) is 7.00.